The van der Waals surface area contributed by atoms with E-state index in [4.69, 9.17) is 23.7 Å². The number of fused-ring (bicyclic) bond motifs is 1. The number of benzene rings is 2. The van der Waals surface area contributed by atoms with Crippen molar-refractivity contribution in [3.05, 3.63) is 35.9 Å². The molecule has 1 saturated heterocycles. The average molecular weight is 501 g/mol. The Bertz CT molecular complexity index is 1130. The van der Waals surface area contributed by atoms with Gasteiger partial charge in [-0.15, -0.1) is 0 Å². The number of ether oxygens (including phenoxy) is 5. The molecule has 0 atom stereocenters. The van der Waals surface area contributed by atoms with E-state index in [2.05, 4.69) is 4.98 Å². The fraction of sp³-hybridized carbons (Fsp3) is 0.462. The maximum atomic E-state index is 13.3. The molecule has 0 unspecified atom stereocenters. The van der Waals surface area contributed by atoms with Gasteiger partial charge in [0.2, 0.25) is 5.75 Å². The third-order valence-electron chi connectivity index (χ3n) is 5.73. The monoisotopic (exact) mass is 500 g/mol. The molecule has 4 rings (SSSR count). The highest BCUT2D eigenvalue weighted by Crippen LogP contribution is 2.39. The first-order valence-electron chi connectivity index (χ1n) is 12.0. The fourth-order valence-corrected chi connectivity index (χ4v) is 4.94. The minimum Gasteiger partial charge on any atom is -0.497 e. The number of amides is 1. The molecule has 2 aromatic carbocycles. The predicted molar refractivity (Wildman–Crippen MR) is 136 cm³/mol. The van der Waals surface area contributed by atoms with Crippen LogP contribution in [-0.2, 0) is 0 Å². The second kappa shape index (κ2) is 11.5. The molecular weight excluding hydrogens is 468 g/mol. The first-order valence-corrected chi connectivity index (χ1v) is 12.8. The molecule has 0 N–H and O–H groups in total. The molecule has 0 radical (unpaired) electrons. The van der Waals surface area contributed by atoms with Gasteiger partial charge in [0.05, 0.1) is 37.1 Å². The van der Waals surface area contributed by atoms with E-state index in [9.17, 15) is 4.79 Å². The molecule has 0 bridgehead atoms. The third kappa shape index (κ3) is 5.73. The summed E-state index contributed by atoms with van der Waals surface area (Å²) in [5.74, 6) is 2.30. The van der Waals surface area contributed by atoms with Crippen LogP contribution in [0.1, 0.15) is 44.0 Å². The molecule has 3 aromatic rings. The number of thiazole rings is 1. The van der Waals surface area contributed by atoms with Crippen LogP contribution >= 0.6 is 11.3 Å². The zero-order valence-corrected chi connectivity index (χ0v) is 21.5. The van der Waals surface area contributed by atoms with Crippen molar-refractivity contribution in [3.8, 4) is 28.2 Å². The van der Waals surface area contributed by atoms with Crippen LogP contribution in [0.25, 0.3) is 10.2 Å². The number of nitrogens with zero attached hydrogens (tertiary/aromatic N) is 2. The predicted octanol–water partition coefficient (Wildman–Crippen LogP) is 5.18. The molecule has 1 amide bonds. The third-order valence-corrected chi connectivity index (χ3v) is 6.66. The molecule has 1 fully saturated rings. The van der Waals surface area contributed by atoms with Gasteiger partial charge in [-0.3, -0.25) is 4.79 Å². The molecule has 2 heterocycles. The van der Waals surface area contributed by atoms with Crippen LogP contribution in [0.15, 0.2) is 30.3 Å². The van der Waals surface area contributed by atoms with Crippen LogP contribution in [0, 0.1) is 0 Å². The summed E-state index contributed by atoms with van der Waals surface area (Å²) in [5, 5.41) is 0.646. The van der Waals surface area contributed by atoms with Crippen molar-refractivity contribution in [1.29, 1.82) is 0 Å². The lowest BCUT2D eigenvalue weighted by atomic mass is 10.1. The second-order valence-electron chi connectivity index (χ2n) is 8.02. The summed E-state index contributed by atoms with van der Waals surface area (Å²) in [6, 6.07) is 9.31. The van der Waals surface area contributed by atoms with Crippen molar-refractivity contribution in [2.45, 2.75) is 39.7 Å². The molecule has 1 aliphatic rings. The Kier molecular flexibility index (Phi) is 8.17. The first-order chi connectivity index (χ1) is 17.1. The van der Waals surface area contributed by atoms with Crippen LogP contribution in [-0.4, -0.2) is 61.9 Å². The Morgan fingerprint density at radius 1 is 1.00 bits per heavy atom. The van der Waals surface area contributed by atoms with Gasteiger partial charge in [0.15, 0.2) is 11.5 Å². The van der Waals surface area contributed by atoms with E-state index in [0.717, 1.165) is 28.8 Å². The Hall–Kier alpha value is -3.20. The van der Waals surface area contributed by atoms with Gasteiger partial charge in [-0.25, -0.2) is 4.98 Å². The maximum absolute atomic E-state index is 13.3. The standard InChI is InChI=1S/C26H32N2O6S/c1-5-31-21-14-17(15-22(32-6-2)24(21)33-7-3)25(29)28-12-10-18(11-13-28)34-26-27-20-16-19(30-4)8-9-23(20)35-26/h8-9,14-16,18H,5-7,10-13H2,1-4H3. The molecule has 188 valence electrons. The number of methoxy groups -OCH3 is 1. The van der Waals surface area contributed by atoms with Crippen LogP contribution in [0.2, 0.25) is 0 Å². The van der Waals surface area contributed by atoms with Gasteiger partial charge in [0.25, 0.3) is 11.1 Å². The number of carbonyl (C=O) groups excluding carboxylic acids is 1. The smallest absolute Gasteiger partial charge is 0.274 e. The van der Waals surface area contributed by atoms with E-state index in [1.54, 1.807) is 19.2 Å². The number of piperidine rings is 1. The highest BCUT2D eigenvalue weighted by molar-refractivity contribution is 7.20. The average Bonchev–Trinajstić information content (AvgIpc) is 3.27. The quantitative estimate of drug-likeness (QED) is 0.379. The van der Waals surface area contributed by atoms with Crippen molar-refractivity contribution in [1.82, 2.24) is 9.88 Å². The Morgan fingerprint density at radius 3 is 2.26 bits per heavy atom. The molecule has 0 aliphatic carbocycles. The van der Waals surface area contributed by atoms with Gasteiger partial charge in [-0.2, -0.15) is 0 Å². The van der Waals surface area contributed by atoms with Crippen molar-refractivity contribution in [2.24, 2.45) is 0 Å². The van der Waals surface area contributed by atoms with Gasteiger partial charge in [0, 0.05) is 37.6 Å². The summed E-state index contributed by atoms with van der Waals surface area (Å²) in [7, 11) is 1.64. The van der Waals surface area contributed by atoms with Crippen molar-refractivity contribution in [3.63, 3.8) is 0 Å². The number of hydrogen-bond donors (Lipinski definition) is 0. The molecule has 0 spiro atoms. The SMILES string of the molecule is CCOc1cc(C(=O)N2CCC(Oc3nc4cc(OC)ccc4s3)CC2)cc(OCC)c1OCC. The van der Waals surface area contributed by atoms with E-state index in [1.165, 1.54) is 11.3 Å². The summed E-state index contributed by atoms with van der Waals surface area (Å²) in [6.45, 7) is 8.31. The zero-order valence-electron chi connectivity index (χ0n) is 20.7. The van der Waals surface area contributed by atoms with E-state index in [-0.39, 0.29) is 12.0 Å². The molecular formula is C26H32N2O6S. The highest BCUT2D eigenvalue weighted by Gasteiger charge is 2.27. The normalized spacial score (nSPS) is 14.1. The van der Waals surface area contributed by atoms with Gasteiger partial charge in [-0.1, -0.05) is 11.3 Å². The second-order valence-corrected chi connectivity index (χ2v) is 9.02. The minimum absolute atomic E-state index is 0.0137. The molecule has 1 aliphatic heterocycles. The molecule has 0 saturated carbocycles. The van der Waals surface area contributed by atoms with Gasteiger partial charge in [0.1, 0.15) is 11.9 Å². The minimum atomic E-state index is -0.0551. The first kappa shape index (κ1) is 24.9. The lowest BCUT2D eigenvalue weighted by Gasteiger charge is -2.32. The molecule has 35 heavy (non-hydrogen) atoms. The maximum Gasteiger partial charge on any atom is 0.274 e. The Morgan fingerprint density at radius 2 is 1.66 bits per heavy atom. The summed E-state index contributed by atoms with van der Waals surface area (Å²) in [4.78, 5) is 19.8. The summed E-state index contributed by atoms with van der Waals surface area (Å²) in [6.07, 6.45) is 1.48. The number of aromatic nitrogens is 1. The van der Waals surface area contributed by atoms with Crippen LogP contribution < -0.4 is 23.7 Å². The highest BCUT2D eigenvalue weighted by atomic mass is 32.1. The van der Waals surface area contributed by atoms with E-state index in [1.807, 2.05) is 43.9 Å². The lowest BCUT2D eigenvalue weighted by Crippen LogP contribution is -2.41. The molecule has 8 nitrogen and oxygen atoms in total. The number of rotatable bonds is 10. The van der Waals surface area contributed by atoms with E-state index in [0.29, 0.717) is 60.9 Å². The largest absolute Gasteiger partial charge is 0.497 e. The van der Waals surface area contributed by atoms with Crippen LogP contribution in [0.4, 0.5) is 0 Å². The Labute approximate surface area is 209 Å². The number of hydrogen-bond acceptors (Lipinski definition) is 8. The zero-order chi connectivity index (χ0) is 24.8. The molecule has 9 heteroatoms. The summed E-state index contributed by atoms with van der Waals surface area (Å²) < 4.78 is 29.8. The summed E-state index contributed by atoms with van der Waals surface area (Å²) in [5.41, 5.74) is 1.39. The van der Waals surface area contributed by atoms with Crippen molar-refractivity contribution >= 4 is 27.5 Å². The van der Waals surface area contributed by atoms with Crippen LogP contribution in [0.3, 0.4) is 0 Å². The van der Waals surface area contributed by atoms with Crippen molar-refractivity contribution < 1.29 is 28.5 Å². The Balaban J connectivity index is 1.43. The van der Waals surface area contributed by atoms with Gasteiger partial charge in [-0.05, 0) is 45.0 Å². The van der Waals surface area contributed by atoms with Crippen LogP contribution in [0.5, 0.6) is 28.2 Å². The topological polar surface area (TPSA) is 79.4 Å². The van der Waals surface area contributed by atoms with E-state index >= 15 is 0 Å². The van der Waals surface area contributed by atoms with Gasteiger partial charge >= 0.3 is 0 Å². The van der Waals surface area contributed by atoms with Crippen molar-refractivity contribution in [2.75, 3.05) is 40.0 Å². The number of likely N-dealkylation sites (tertiary alicyclic amines) is 1. The lowest BCUT2D eigenvalue weighted by molar-refractivity contribution is 0.0594. The summed E-state index contributed by atoms with van der Waals surface area (Å²) >= 11 is 1.52. The fourth-order valence-electron chi connectivity index (χ4n) is 4.08. The number of carbonyl (C=O) groups is 1. The molecule has 1 aromatic heterocycles. The van der Waals surface area contributed by atoms with Gasteiger partial charge < -0.3 is 28.6 Å². The van der Waals surface area contributed by atoms with E-state index < -0.39 is 0 Å².